The first kappa shape index (κ1) is 17.1. The molecule has 0 bridgehead atoms. The largest absolute Gasteiger partial charge is 0.373 e. The highest BCUT2D eigenvalue weighted by Crippen LogP contribution is 2.31. The van der Waals surface area contributed by atoms with Gasteiger partial charge in [0.2, 0.25) is 0 Å². The molecule has 1 saturated heterocycles. The van der Waals surface area contributed by atoms with Crippen LogP contribution in [0.1, 0.15) is 23.7 Å². The Hall–Kier alpha value is -1.36. The Morgan fingerprint density at radius 3 is 2.60 bits per heavy atom. The molecule has 0 spiro atoms. The second-order valence-electron chi connectivity index (χ2n) is 6.91. The summed E-state index contributed by atoms with van der Waals surface area (Å²) in [5.74, 6) is 0. The molecule has 2 heterocycles. The lowest BCUT2D eigenvalue weighted by Gasteiger charge is -2.37. The fraction of sp³-hybridized carbons (Fsp3) is 0.429. The summed E-state index contributed by atoms with van der Waals surface area (Å²) < 4.78 is 7.24. The van der Waals surface area contributed by atoms with Crippen LogP contribution < -0.4 is 4.90 Å². The Bertz CT molecular complexity index is 698. The summed E-state index contributed by atoms with van der Waals surface area (Å²) in [6, 6.07) is 17.4. The highest BCUT2D eigenvalue weighted by Gasteiger charge is 2.23. The fourth-order valence-electron chi connectivity index (χ4n) is 3.91. The second kappa shape index (κ2) is 7.90. The Kier molecular flexibility index (Phi) is 5.39. The Morgan fingerprint density at radius 1 is 1.00 bits per heavy atom. The highest BCUT2D eigenvalue weighted by molar-refractivity contribution is 9.10. The molecule has 3 nitrogen and oxygen atoms in total. The van der Waals surface area contributed by atoms with E-state index >= 15 is 0 Å². The number of rotatable bonds is 4. The number of piperazine rings is 1. The molecule has 1 fully saturated rings. The number of hydrogen-bond donors (Lipinski definition) is 0. The van der Waals surface area contributed by atoms with Crippen LogP contribution in [0, 0.1) is 0 Å². The third-order valence-corrected chi connectivity index (χ3v) is 5.84. The molecular formula is C21H25BrN2O. The van der Waals surface area contributed by atoms with Crippen molar-refractivity contribution in [1.29, 1.82) is 0 Å². The van der Waals surface area contributed by atoms with Crippen LogP contribution in [-0.2, 0) is 11.2 Å². The molecule has 2 aromatic carbocycles. The average Bonchev–Trinajstić information content (AvgIpc) is 2.67. The zero-order valence-electron chi connectivity index (χ0n) is 14.5. The molecule has 0 N–H and O–H groups in total. The van der Waals surface area contributed by atoms with E-state index in [1.54, 1.807) is 0 Å². The van der Waals surface area contributed by atoms with Crippen molar-refractivity contribution in [2.75, 3.05) is 44.2 Å². The first-order chi connectivity index (χ1) is 12.3. The Balaban J connectivity index is 1.30. The molecule has 2 aliphatic heterocycles. The van der Waals surface area contributed by atoms with Gasteiger partial charge in [-0.3, -0.25) is 4.90 Å². The van der Waals surface area contributed by atoms with Crippen LogP contribution in [0.4, 0.5) is 5.69 Å². The minimum Gasteiger partial charge on any atom is -0.373 e. The van der Waals surface area contributed by atoms with Gasteiger partial charge in [-0.2, -0.15) is 0 Å². The molecule has 0 aliphatic carbocycles. The van der Waals surface area contributed by atoms with Crippen molar-refractivity contribution in [2.24, 2.45) is 0 Å². The number of fused-ring (bicyclic) bond motifs is 1. The molecule has 4 rings (SSSR count). The summed E-state index contributed by atoms with van der Waals surface area (Å²) in [6.45, 7) is 6.44. The summed E-state index contributed by atoms with van der Waals surface area (Å²) >= 11 is 3.58. The molecule has 2 aliphatic rings. The topological polar surface area (TPSA) is 15.7 Å². The smallest absolute Gasteiger partial charge is 0.0839 e. The summed E-state index contributed by atoms with van der Waals surface area (Å²) in [5.41, 5.74) is 4.18. The van der Waals surface area contributed by atoms with E-state index in [0.717, 1.165) is 52.2 Å². The summed E-state index contributed by atoms with van der Waals surface area (Å²) in [5, 5.41) is 0. The highest BCUT2D eigenvalue weighted by atomic mass is 79.9. The van der Waals surface area contributed by atoms with Crippen LogP contribution in [0.2, 0.25) is 0 Å². The predicted octanol–water partition coefficient (Wildman–Crippen LogP) is 4.28. The van der Waals surface area contributed by atoms with E-state index in [-0.39, 0.29) is 6.10 Å². The Morgan fingerprint density at radius 2 is 1.80 bits per heavy atom. The number of anilines is 1. The number of halogens is 1. The van der Waals surface area contributed by atoms with E-state index in [1.165, 1.54) is 21.3 Å². The van der Waals surface area contributed by atoms with Gasteiger partial charge in [0.25, 0.3) is 0 Å². The van der Waals surface area contributed by atoms with Gasteiger partial charge in [0.15, 0.2) is 0 Å². The summed E-state index contributed by atoms with van der Waals surface area (Å²) in [6.07, 6.45) is 2.37. The number of para-hydroxylation sites is 1. The van der Waals surface area contributed by atoms with Crippen molar-refractivity contribution in [2.45, 2.75) is 18.9 Å². The fourth-order valence-corrected chi connectivity index (χ4v) is 4.32. The second-order valence-corrected chi connectivity index (χ2v) is 7.82. The first-order valence-corrected chi connectivity index (χ1v) is 10.0. The van der Waals surface area contributed by atoms with E-state index in [0.29, 0.717) is 0 Å². The van der Waals surface area contributed by atoms with Gasteiger partial charge >= 0.3 is 0 Å². The molecule has 0 aromatic heterocycles. The van der Waals surface area contributed by atoms with Gasteiger partial charge in [0.05, 0.1) is 12.7 Å². The van der Waals surface area contributed by atoms with Crippen LogP contribution >= 0.6 is 15.9 Å². The lowest BCUT2D eigenvalue weighted by atomic mass is 9.95. The van der Waals surface area contributed by atoms with Gasteiger partial charge in [0, 0.05) is 42.9 Å². The van der Waals surface area contributed by atoms with Crippen molar-refractivity contribution >= 4 is 21.6 Å². The average molecular weight is 401 g/mol. The Labute approximate surface area is 158 Å². The number of ether oxygens (including phenoxy) is 1. The lowest BCUT2D eigenvalue weighted by Crippen LogP contribution is -2.46. The van der Waals surface area contributed by atoms with E-state index in [2.05, 4.69) is 74.3 Å². The maximum Gasteiger partial charge on any atom is 0.0839 e. The van der Waals surface area contributed by atoms with Crippen molar-refractivity contribution in [1.82, 2.24) is 4.90 Å². The quantitative estimate of drug-likeness (QED) is 0.761. The van der Waals surface area contributed by atoms with Gasteiger partial charge in [-0.25, -0.2) is 0 Å². The molecule has 0 radical (unpaired) electrons. The van der Waals surface area contributed by atoms with Gasteiger partial charge in [-0.05, 0) is 48.2 Å². The van der Waals surface area contributed by atoms with Crippen LogP contribution in [0.15, 0.2) is 53.0 Å². The molecule has 132 valence electrons. The van der Waals surface area contributed by atoms with Crippen molar-refractivity contribution in [3.8, 4) is 0 Å². The van der Waals surface area contributed by atoms with Gasteiger partial charge < -0.3 is 9.64 Å². The van der Waals surface area contributed by atoms with Crippen LogP contribution in [0.25, 0.3) is 0 Å². The molecule has 25 heavy (non-hydrogen) atoms. The standard InChI is InChI=1S/C21H25BrN2O/c22-18-6-7-20-17(16-18)9-15-25-21(20)8-10-23-11-13-24(14-12-23)19-4-2-1-3-5-19/h1-7,16,21H,8-15H2. The maximum absolute atomic E-state index is 6.07. The predicted molar refractivity (Wildman–Crippen MR) is 106 cm³/mol. The number of benzene rings is 2. The zero-order valence-corrected chi connectivity index (χ0v) is 16.1. The minimum atomic E-state index is 0.254. The van der Waals surface area contributed by atoms with Crippen molar-refractivity contribution in [3.05, 3.63) is 64.1 Å². The molecule has 1 unspecified atom stereocenters. The molecule has 0 saturated carbocycles. The molecular weight excluding hydrogens is 376 g/mol. The van der Waals surface area contributed by atoms with Gasteiger partial charge in [-0.15, -0.1) is 0 Å². The third kappa shape index (κ3) is 4.08. The monoisotopic (exact) mass is 400 g/mol. The van der Waals surface area contributed by atoms with E-state index in [1.807, 2.05) is 0 Å². The SMILES string of the molecule is Brc1ccc2c(c1)CCOC2CCN1CCN(c2ccccc2)CC1. The van der Waals surface area contributed by atoms with Crippen molar-refractivity contribution in [3.63, 3.8) is 0 Å². The summed E-state index contributed by atoms with van der Waals surface area (Å²) in [4.78, 5) is 5.07. The molecule has 2 aromatic rings. The van der Waals surface area contributed by atoms with Gasteiger partial charge in [0.1, 0.15) is 0 Å². The van der Waals surface area contributed by atoms with Crippen molar-refractivity contribution < 1.29 is 4.74 Å². The zero-order chi connectivity index (χ0) is 17.1. The van der Waals surface area contributed by atoms with Crippen LogP contribution in [0.3, 0.4) is 0 Å². The lowest BCUT2D eigenvalue weighted by molar-refractivity contribution is 0.0289. The van der Waals surface area contributed by atoms with Crippen LogP contribution in [-0.4, -0.2) is 44.2 Å². The summed E-state index contributed by atoms with van der Waals surface area (Å²) in [7, 11) is 0. The molecule has 0 amide bonds. The maximum atomic E-state index is 6.07. The third-order valence-electron chi connectivity index (χ3n) is 5.34. The number of nitrogens with zero attached hydrogens (tertiary/aromatic N) is 2. The normalized spacial score (nSPS) is 21.2. The minimum absolute atomic E-state index is 0.254. The molecule has 4 heteroatoms. The van der Waals surface area contributed by atoms with Gasteiger partial charge in [-0.1, -0.05) is 40.2 Å². The van der Waals surface area contributed by atoms with E-state index in [4.69, 9.17) is 4.74 Å². The number of hydrogen-bond acceptors (Lipinski definition) is 3. The van der Waals surface area contributed by atoms with E-state index in [9.17, 15) is 0 Å². The first-order valence-electron chi connectivity index (χ1n) is 9.22. The van der Waals surface area contributed by atoms with Crippen LogP contribution in [0.5, 0.6) is 0 Å². The van der Waals surface area contributed by atoms with E-state index < -0.39 is 0 Å². The molecule has 1 atom stereocenters.